The number of nitrogens with zero attached hydrogens (tertiary/aromatic N) is 2. The number of hydrazine groups is 1. The van der Waals surface area contributed by atoms with E-state index in [4.69, 9.17) is 10.6 Å². The molecule has 0 aromatic carbocycles. The molecule has 0 amide bonds. The van der Waals surface area contributed by atoms with Crippen molar-refractivity contribution in [1.29, 1.82) is 0 Å². The Bertz CT molecular complexity index is 244. The molecule has 0 aromatic heterocycles. The number of hydrogen-bond donors (Lipinski definition) is 2. The summed E-state index contributed by atoms with van der Waals surface area (Å²) in [6, 6.07) is 0.472. The van der Waals surface area contributed by atoms with Gasteiger partial charge in [0.05, 0.1) is 18.8 Å². The molecule has 0 spiro atoms. The predicted molar refractivity (Wildman–Crippen MR) is 59.4 cm³/mol. The summed E-state index contributed by atoms with van der Waals surface area (Å²) in [6.07, 6.45) is 3.99. The summed E-state index contributed by atoms with van der Waals surface area (Å²) in [4.78, 5) is 6.65. The zero-order chi connectivity index (χ0) is 10.7. The van der Waals surface area contributed by atoms with E-state index < -0.39 is 0 Å². The Morgan fingerprint density at radius 3 is 3.20 bits per heavy atom. The van der Waals surface area contributed by atoms with E-state index >= 15 is 0 Å². The Kier molecular flexibility index (Phi) is 3.43. The number of nitrogens with two attached hydrogens (primary N) is 1. The average Bonchev–Trinajstić information content (AvgIpc) is 2.73. The topological polar surface area (TPSA) is 62.9 Å². The normalized spacial score (nSPS) is 31.6. The van der Waals surface area contributed by atoms with Gasteiger partial charge in [0.1, 0.15) is 0 Å². The van der Waals surface area contributed by atoms with Crippen LogP contribution in [0.15, 0.2) is 4.99 Å². The summed E-state index contributed by atoms with van der Waals surface area (Å²) >= 11 is 0. The number of guanidine groups is 1. The molecule has 5 heteroatoms. The van der Waals surface area contributed by atoms with Gasteiger partial charge in [-0.15, -0.1) is 0 Å². The second-order valence-corrected chi connectivity index (χ2v) is 4.04. The number of ether oxygens (including phenoxy) is 1. The lowest BCUT2D eigenvalue weighted by Crippen LogP contribution is -2.56. The number of rotatable bonds is 1. The Balaban J connectivity index is 2.09. The van der Waals surface area contributed by atoms with E-state index in [0.717, 1.165) is 25.7 Å². The Morgan fingerprint density at radius 2 is 2.47 bits per heavy atom. The summed E-state index contributed by atoms with van der Waals surface area (Å²) in [5.41, 5.74) is 2.71. The van der Waals surface area contributed by atoms with Crippen LogP contribution in [0.25, 0.3) is 0 Å². The zero-order valence-corrected chi connectivity index (χ0v) is 9.28. The van der Waals surface area contributed by atoms with Gasteiger partial charge < -0.3 is 9.64 Å². The summed E-state index contributed by atoms with van der Waals surface area (Å²) in [5.74, 6) is 6.33. The summed E-state index contributed by atoms with van der Waals surface area (Å²) in [7, 11) is 0. The first-order chi connectivity index (χ1) is 7.36. The lowest BCUT2D eigenvalue weighted by Gasteiger charge is -2.39. The van der Waals surface area contributed by atoms with Crippen molar-refractivity contribution < 1.29 is 4.74 Å². The molecule has 15 heavy (non-hydrogen) atoms. The second kappa shape index (κ2) is 4.81. The van der Waals surface area contributed by atoms with Gasteiger partial charge in [-0.3, -0.25) is 10.4 Å². The van der Waals surface area contributed by atoms with Crippen molar-refractivity contribution in [1.82, 2.24) is 10.3 Å². The molecule has 2 unspecified atom stereocenters. The first-order valence-electron chi connectivity index (χ1n) is 5.76. The Labute approximate surface area is 90.6 Å². The molecule has 0 bridgehead atoms. The molecule has 1 saturated heterocycles. The van der Waals surface area contributed by atoms with E-state index in [1.165, 1.54) is 19.3 Å². The van der Waals surface area contributed by atoms with Crippen LogP contribution >= 0.6 is 0 Å². The number of aliphatic imine (C=N–C) groups is 1. The van der Waals surface area contributed by atoms with Gasteiger partial charge in [-0.2, -0.15) is 0 Å². The third kappa shape index (κ3) is 2.08. The lowest BCUT2D eigenvalue weighted by molar-refractivity contribution is -0.0305. The van der Waals surface area contributed by atoms with Crippen molar-refractivity contribution in [3.8, 4) is 0 Å². The molecule has 1 heterocycles. The van der Waals surface area contributed by atoms with Crippen LogP contribution in [0.4, 0.5) is 0 Å². The van der Waals surface area contributed by atoms with Gasteiger partial charge in [0.25, 0.3) is 0 Å². The van der Waals surface area contributed by atoms with E-state index in [0.29, 0.717) is 12.1 Å². The van der Waals surface area contributed by atoms with E-state index in [-0.39, 0.29) is 0 Å². The summed E-state index contributed by atoms with van der Waals surface area (Å²) < 4.78 is 5.74. The number of morpholine rings is 1. The molecule has 2 atom stereocenters. The highest BCUT2D eigenvalue weighted by molar-refractivity contribution is 5.79. The molecule has 1 aliphatic heterocycles. The fourth-order valence-corrected chi connectivity index (χ4v) is 2.56. The van der Waals surface area contributed by atoms with E-state index in [9.17, 15) is 0 Å². The Morgan fingerprint density at radius 1 is 1.60 bits per heavy atom. The van der Waals surface area contributed by atoms with Crippen LogP contribution in [0.5, 0.6) is 0 Å². The first-order valence-corrected chi connectivity index (χ1v) is 5.76. The zero-order valence-electron chi connectivity index (χ0n) is 9.28. The van der Waals surface area contributed by atoms with Crippen molar-refractivity contribution in [2.45, 2.75) is 38.3 Å². The maximum Gasteiger partial charge on any atom is 0.208 e. The molecule has 3 N–H and O–H groups in total. The summed E-state index contributed by atoms with van der Waals surface area (Å²) in [5, 5.41) is 0. The lowest BCUT2D eigenvalue weighted by atomic mass is 10.1. The van der Waals surface area contributed by atoms with Crippen LogP contribution in [-0.4, -0.2) is 42.7 Å². The number of fused-ring (bicyclic) bond motifs is 1. The standard InChI is InChI=1S/C10H20N4O/c1-2-12-10(13-11)14-6-7-15-9-5-3-4-8(9)14/h8-9H,2-7,11H2,1H3,(H,12,13). The average molecular weight is 212 g/mol. The molecule has 86 valence electrons. The van der Waals surface area contributed by atoms with Crippen LogP contribution in [0.3, 0.4) is 0 Å². The van der Waals surface area contributed by atoms with Gasteiger partial charge in [0.15, 0.2) is 0 Å². The molecule has 2 rings (SSSR count). The van der Waals surface area contributed by atoms with E-state index in [1.807, 2.05) is 6.92 Å². The molecule has 0 radical (unpaired) electrons. The molecule has 1 aliphatic carbocycles. The van der Waals surface area contributed by atoms with Gasteiger partial charge in [-0.05, 0) is 26.2 Å². The minimum absolute atomic E-state index is 0.383. The van der Waals surface area contributed by atoms with Gasteiger partial charge >= 0.3 is 0 Å². The largest absolute Gasteiger partial charge is 0.374 e. The molecular weight excluding hydrogens is 192 g/mol. The van der Waals surface area contributed by atoms with E-state index in [1.54, 1.807) is 0 Å². The maximum absolute atomic E-state index is 5.74. The van der Waals surface area contributed by atoms with Crippen LogP contribution < -0.4 is 11.3 Å². The van der Waals surface area contributed by atoms with Gasteiger partial charge in [-0.1, -0.05) is 0 Å². The van der Waals surface area contributed by atoms with Crippen molar-refractivity contribution in [2.24, 2.45) is 10.8 Å². The number of hydrogen-bond acceptors (Lipinski definition) is 3. The van der Waals surface area contributed by atoms with Gasteiger partial charge in [0.2, 0.25) is 5.96 Å². The molecule has 2 aliphatic rings. The Hall–Kier alpha value is -0.810. The third-order valence-electron chi connectivity index (χ3n) is 3.19. The van der Waals surface area contributed by atoms with Crippen LogP contribution in [0.2, 0.25) is 0 Å². The molecule has 2 fully saturated rings. The minimum Gasteiger partial charge on any atom is -0.374 e. The van der Waals surface area contributed by atoms with Crippen molar-refractivity contribution in [3.63, 3.8) is 0 Å². The highest BCUT2D eigenvalue weighted by atomic mass is 16.5. The van der Waals surface area contributed by atoms with E-state index in [2.05, 4.69) is 15.3 Å². The van der Waals surface area contributed by atoms with Crippen molar-refractivity contribution >= 4 is 5.96 Å². The smallest absolute Gasteiger partial charge is 0.208 e. The highest BCUT2D eigenvalue weighted by Crippen LogP contribution is 2.29. The molecule has 5 nitrogen and oxygen atoms in total. The van der Waals surface area contributed by atoms with Crippen LogP contribution in [0.1, 0.15) is 26.2 Å². The fraction of sp³-hybridized carbons (Fsp3) is 0.900. The van der Waals surface area contributed by atoms with Crippen molar-refractivity contribution in [2.75, 3.05) is 19.7 Å². The van der Waals surface area contributed by atoms with Crippen LogP contribution in [0, 0.1) is 0 Å². The fourth-order valence-electron chi connectivity index (χ4n) is 2.56. The third-order valence-corrected chi connectivity index (χ3v) is 3.19. The SMILES string of the molecule is CCN=C(NN)N1CCOC2CCCC21. The maximum atomic E-state index is 5.74. The molecular formula is C10H20N4O. The van der Waals surface area contributed by atoms with Gasteiger partial charge in [-0.25, -0.2) is 5.84 Å². The van der Waals surface area contributed by atoms with Gasteiger partial charge in [0, 0.05) is 13.1 Å². The quantitative estimate of drug-likeness (QED) is 0.280. The highest BCUT2D eigenvalue weighted by Gasteiger charge is 2.37. The predicted octanol–water partition coefficient (Wildman–Crippen LogP) is 0.0789. The van der Waals surface area contributed by atoms with Crippen LogP contribution in [-0.2, 0) is 4.74 Å². The molecule has 0 aromatic rings. The summed E-state index contributed by atoms with van der Waals surface area (Å²) in [6.45, 7) is 4.45. The minimum atomic E-state index is 0.383. The van der Waals surface area contributed by atoms with Crippen molar-refractivity contribution in [3.05, 3.63) is 0 Å². The monoisotopic (exact) mass is 212 g/mol. The first kappa shape index (κ1) is 10.7. The second-order valence-electron chi connectivity index (χ2n) is 4.04. The number of nitrogens with one attached hydrogen (secondary N) is 1. The molecule has 1 saturated carbocycles.